The average Bonchev–Trinajstić information content (AvgIpc) is 3.05. The standard InChI is InChI=1S/C23H23F2NO4S/c1-13-18(10-20(31-13)22(27)28-5)21-19(9-17(11-26-21)30-23(2,3)4)29-12-14-6-15(24)8-16(25)7-14/h6-11H,12H2,1-5H3. The van der Waals surface area contributed by atoms with Crippen LogP contribution in [-0.2, 0) is 11.3 Å². The Kier molecular flexibility index (Phi) is 6.59. The maximum absolute atomic E-state index is 13.5. The van der Waals surface area contributed by atoms with E-state index in [0.29, 0.717) is 33.2 Å². The minimum Gasteiger partial charge on any atom is -0.486 e. The number of hydrogen-bond acceptors (Lipinski definition) is 6. The normalized spacial score (nSPS) is 11.3. The molecule has 0 N–H and O–H groups in total. The van der Waals surface area contributed by atoms with Crippen LogP contribution >= 0.6 is 11.3 Å². The van der Waals surface area contributed by atoms with Crippen LogP contribution in [0, 0.1) is 18.6 Å². The first-order chi connectivity index (χ1) is 14.6. The number of aromatic nitrogens is 1. The third kappa shape index (κ3) is 5.79. The molecule has 0 aliphatic rings. The molecular weight excluding hydrogens is 424 g/mol. The SMILES string of the molecule is COC(=O)c1cc(-c2ncc(OC(C)(C)C)cc2OCc2cc(F)cc(F)c2)c(C)s1. The van der Waals surface area contributed by atoms with Crippen LogP contribution in [-0.4, -0.2) is 23.7 Å². The van der Waals surface area contributed by atoms with Gasteiger partial charge in [0.15, 0.2) is 0 Å². The van der Waals surface area contributed by atoms with Crippen molar-refractivity contribution >= 4 is 17.3 Å². The van der Waals surface area contributed by atoms with E-state index in [0.717, 1.165) is 10.9 Å². The third-order valence-electron chi connectivity index (χ3n) is 4.13. The predicted octanol–water partition coefficient (Wildman–Crippen LogP) is 5.94. The van der Waals surface area contributed by atoms with Gasteiger partial charge in [0.1, 0.15) is 45.9 Å². The molecule has 0 unspecified atom stereocenters. The summed E-state index contributed by atoms with van der Waals surface area (Å²) in [6, 6.07) is 6.58. The van der Waals surface area contributed by atoms with Crippen molar-refractivity contribution in [2.24, 2.45) is 0 Å². The number of carbonyl (C=O) groups excluding carboxylic acids is 1. The molecule has 0 aliphatic carbocycles. The highest BCUT2D eigenvalue weighted by atomic mass is 32.1. The van der Waals surface area contributed by atoms with E-state index < -0.39 is 23.2 Å². The van der Waals surface area contributed by atoms with Gasteiger partial charge in [-0.15, -0.1) is 11.3 Å². The second-order valence-corrected chi connectivity index (χ2v) is 9.13. The Morgan fingerprint density at radius 3 is 2.39 bits per heavy atom. The number of hydrogen-bond donors (Lipinski definition) is 0. The molecule has 3 rings (SSSR count). The number of carbonyl (C=O) groups is 1. The lowest BCUT2D eigenvalue weighted by molar-refractivity contribution is 0.0606. The number of thiophene rings is 1. The topological polar surface area (TPSA) is 57.7 Å². The molecule has 0 spiro atoms. The van der Waals surface area contributed by atoms with Crippen LogP contribution in [0.2, 0.25) is 0 Å². The van der Waals surface area contributed by atoms with Gasteiger partial charge in [0.2, 0.25) is 0 Å². The average molecular weight is 448 g/mol. The summed E-state index contributed by atoms with van der Waals surface area (Å²) in [6.45, 7) is 7.50. The van der Waals surface area contributed by atoms with Gasteiger partial charge in [-0.25, -0.2) is 18.6 Å². The van der Waals surface area contributed by atoms with Gasteiger partial charge in [0, 0.05) is 22.6 Å². The number of nitrogens with zero attached hydrogens (tertiary/aromatic N) is 1. The van der Waals surface area contributed by atoms with Crippen molar-refractivity contribution in [3.8, 4) is 22.8 Å². The summed E-state index contributed by atoms with van der Waals surface area (Å²) < 4.78 is 43.7. The van der Waals surface area contributed by atoms with E-state index in [2.05, 4.69) is 4.98 Å². The van der Waals surface area contributed by atoms with Gasteiger partial charge >= 0.3 is 5.97 Å². The van der Waals surface area contributed by atoms with E-state index in [4.69, 9.17) is 14.2 Å². The molecule has 0 saturated carbocycles. The third-order valence-corrected chi connectivity index (χ3v) is 5.16. The van der Waals surface area contributed by atoms with Crippen LogP contribution in [0.25, 0.3) is 11.3 Å². The summed E-state index contributed by atoms with van der Waals surface area (Å²) >= 11 is 1.28. The molecule has 31 heavy (non-hydrogen) atoms. The zero-order valence-electron chi connectivity index (χ0n) is 17.9. The maximum atomic E-state index is 13.5. The summed E-state index contributed by atoms with van der Waals surface area (Å²) in [5, 5.41) is 0. The first-order valence-electron chi connectivity index (χ1n) is 9.51. The Bertz CT molecular complexity index is 1090. The van der Waals surface area contributed by atoms with Crippen molar-refractivity contribution in [1.82, 2.24) is 4.98 Å². The smallest absolute Gasteiger partial charge is 0.348 e. The highest BCUT2D eigenvalue weighted by molar-refractivity contribution is 7.14. The zero-order valence-corrected chi connectivity index (χ0v) is 18.7. The second kappa shape index (κ2) is 9.01. The molecule has 0 amide bonds. The molecule has 2 aromatic heterocycles. The van der Waals surface area contributed by atoms with E-state index in [1.165, 1.54) is 30.6 Å². The molecule has 0 aliphatic heterocycles. The Balaban J connectivity index is 2.00. The number of rotatable bonds is 6. The van der Waals surface area contributed by atoms with E-state index >= 15 is 0 Å². The van der Waals surface area contributed by atoms with Crippen molar-refractivity contribution in [3.63, 3.8) is 0 Å². The van der Waals surface area contributed by atoms with Gasteiger partial charge < -0.3 is 14.2 Å². The van der Waals surface area contributed by atoms with Gasteiger partial charge in [0.05, 0.1) is 13.3 Å². The molecule has 0 saturated heterocycles. The first kappa shape index (κ1) is 22.7. The number of methoxy groups -OCH3 is 1. The fourth-order valence-corrected chi connectivity index (χ4v) is 3.86. The molecule has 5 nitrogen and oxygen atoms in total. The summed E-state index contributed by atoms with van der Waals surface area (Å²) in [5.41, 5.74) is 1.07. The quantitative estimate of drug-likeness (QED) is 0.438. The van der Waals surface area contributed by atoms with Gasteiger partial charge in [-0.2, -0.15) is 0 Å². The van der Waals surface area contributed by atoms with Gasteiger partial charge in [-0.1, -0.05) is 0 Å². The lowest BCUT2D eigenvalue weighted by atomic mass is 10.1. The van der Waals surface area contributed by atoms with E-state index in [-0.39, 0.29) is 6.61 Å². The van der Waals surface area contributed by atoms with Crippen molar-refractivity contribution in [3.05, 3.63) is 63.5 Å². The zero-order chi connectivity index (χ0) is 22.8. The molecule has 8 heteroatoms. The molecular formula is C23H23F2NO4S. The summed E-state index contributed by atoms with van der Waals surface area (Å²) in [6.07, 6.45) is 1.57. The molecule has 0 bridgehead atoms. The maximum Gasteiger partial charge on any atom is 0.348 e. The monoisotopic (exact) mass is 447 g/mol. The van der Waals surface area contributed by atoms with Crippen LogP contribution < -0.4 is 9.47 Å². The summed E-state index contributed by atoms with van der Waals surface area (Å²) in [7, 11) is 1.32. The molecule has 164 valence electrons. The van der Waals surface area contributed by atoms with E-state index in [9.17, 15) is 13.6 Å². The van der Waals surface area contributed by atoms with Gasteiger partial charge in [0.25, 0.3) is 0 Å². The molecule has 0 fully saturated rings. The molecule has 2 heterocycles. The van der Waals surface area contributed by atoms with E-state index in [1.54, 1.807) is 18.3 Å². The predicted molar refractivity (Wildman–Crippen MR) is 115 cm³/mol. The number of halogens is 2. The largest absolute Gasteiger partial charge is 0.486 e. The number of pyridine rings is 1. The fraction of sp³-hybridized carbons (Fsp3) is 0.304. The lowest BCUT2D eigenvalue weighted by Crippen LogP contribution is -2.23. The first-order valence-corrected chi connectivity index (χ1v) is 10.3. The highest BCUT2D eigenvalue weighted by Crippen LogP contribution is 2.38. The molecule has 0 radical (unpaired) electrons. The number of aryl methyl sites for hydroxylation is 1. The van der Waals surface area contributed by atoms with Gasteiger partial charge in [-0.3, -0.25) is 0 Å². The Morgan fingerprint density at radius 2 is 1.77 bits per heavy atom. The molecule has 0 atom stereocenters. The summed E-state index contributed by atoms with van der Waals surface area (Å²) in [5.74, 6) is -0.956. The fourth-order valence-electron chi connectivity index (χ4n) is 2.92. The van der Waals surface area contributed by atoms with Crippen molar-refractivity contribution in [2.75, 3.05) is 7.11 Å². The number of ether oxygens (including phenoxy) is 3. The molecule has 3 aromatic rings. The minimum absolute atomic E-state index is 0.0740. The van der Waals surface area contributed by atoms with Crippen molar-refractivity contribution in [1.29, 1.82) is 0 Å². The number of benzene rings is 1. The van der Waals surface area contributed by atoms with Crippen molar-refractivity contribution in [2.45, 2.75) is 39.9 Å². The van der Waals surface area contributed by atoms with Gasteiger partial charge in [-0.05, 0) is 51.5 Å². The van der Waals surface area contributed by atoms with Crippen LogP contribution in [0.1, 0.15) is 40.9 Å². The lowest BCUT2D eigenvalue weighted by Gasteiger charge is -2.22. The second-order valence-electron chi connectivity index (χ2n) is 7.87. The summed E-state index contributed by atoms with van der Waals surface area (Å²) in [4.78, 5) is 17.7. The Labute approximate surface area is 183 Å². The van der Waals surface area contributed by atoms with Crippen LogP contribution in [0.3, 0.4) is 0 Å². The Morgan fingerprint density at radius 1 is 1.10 bits per heavy atom. The number of esters is 1. The van der Waals surface area contributed by atoms with E-state index in [1.807, 2.05) is 27.7 Å². The van der Waals surface area contributed by atoms with Crippen LogP contribution in [0.5, 0.6) is 11.5 Å². The van der Waals surface area contributed by atoms with Crippen molar-refractivity contribution < 1.29 is 27.8 Å². The molecule has 1 aromatic carbocycles. The Hall–Kier alpha value is -3.00. The minimum atomic E-state index is -0.682. The highest BCUT2D eigenvalue weighted by Gasteiger charge is 2.20. The van der Waals surface area contributed by atoms with Crippen LogP contribution in [0.15, 0.2) is 36.5 Å². The van der Waals surface area contributed by atoms with Crippen LogP contribution in [0.4, 0.5) is 8.78 Å².